The number of carbonyl (C=O) groups is 3. The second-order valence-corrected chi connectivity index (χ2v) is 9.27. The minimum atomic E-state index is -0.659. The van der Waals surface area contributed by atoms with Gasteiger partial charge in [0.15, 0.2) is 0 Å². The summed E-state index contributed by atoms with van der Waals surface area (Å²) in [6.07, 6.45) is 0. The number of benzene rings is 3. The number of methoxy groups -OCH3 is 2. The first-order valence-electron chi connectivity index (χ1n) is 11.5. The maximum atomic E-state index is 13.3. The average Bonchev–Trinajstić information content (AvgIpc) is 2.87. The molecule has 188 valence electrons. The fourth-order valence-electron chi connectivity index (χ4n) is 3.46. The van der Waals surface area contributed by atoms with E-state index in [0.29, 0.717) is 17.1 Å². The summed E-state index contributed by atoms with van der Waals surface area (Å²) in [5.74, 6) is -0.395. The zero-order valence-corrected chi connectivity index (χ0v) is 21.2. The van der Waals surface area contributed by atoms with Crippen molar-refractivity contribution in [2.45, 2.75) is 39.5 Å². The molecule has 0 atom stereocenters. The smallest absolute Gasteiger partial charge is 0.338 e. The summed E-state index contributed by atoms with van der Waals surface area (Å²) in [5, 5.41) is 0. The van der Waals surface area contributed by atoms with Gasteiger partial charge in [-0.05, 0) is 80.4 Å². The highest BCUT2D eigenvalue weighted by atomic mass is 16.6. The lowest BCUT2D eigenvalue weighted by atomic mass is 10.1. The van der Waals surface area contributed by atoms with Gasteiger partial charge in [0, 0.05) is 18.7 Å². The molecule has 7 nitrogen and oxygen atoms in total. The van der Waals surface area contributed by atoms with Crippen LogP contribution in [0.25, 0.3) is 0 Å². The molecule has 0 saturated carbocycles. The number of hydrogen-bond donors (Lipinski definition) is 0. The first-order valence-corrected chi connectivity index (χ1v) is 11.5. The number of amides is 1. The summed E-state index contributed by atoms with van der Waals surface area (Å²) in [6.45, 7) is 5.80. The number of Topliss-reactive ketones (excluding diaryl/α,β-unsaturated/α-hetero) is 1. The summed E-state index contributed by atoms with van der Waals surface area (Å²) in [4.78, 5) is 40.2. The van der Waals surface area contributed by atoms with E-state index in [1.54, 1.807) is 35.0 Å². The molecule has 3 aromatic carbocycles. The van der Waals surface area contributed by atoms with Crippen molar-refractivity contribution in [2.24, 2.45) is 0 Å². The van der Waals surface area contributed by atoms with E-state index in [-0.39, 0.29) is 18.7 Å². The molecule has 0 N–H and O–H groups in total. The van der Waals surface area contributed by atoms with E-state index in [1.807, 2.05) is 48.5 Å². The molecule has 0 unspecified atom stereocenters. The molecule has 0 aliphatic carbocycles. The predicted octanol–water partition coefficient (Wildman–Crippen LogP) is 5.07. The number of esters is 1. The van der Waals surface area contributed by atoms with Gasteiger partial charge in [0.25, 0.3) is 5.91 Å². The summed E-state index contributed by atoms with van der Waals surface area (Å²) >= 11 is 0. The number of nitrogens with zero attached hydrogens (tertiary/aromatic N) is 1. The van der Waals surface area contributed by atoms with E-state index in [1.165, 1.54) is 29.2 Å². The molecule has 1 amide bonds. The van der Waals surface area contributed by atoms with E-state index in [4.69, 9.17) is 14.2 Å². The van der Waals surface area contributed by atoms with Crippen molar-refractivity contribution in [1.29, 1.82) is 0 Å². The van der Waals surface area contributed by atoms with Gasteiger partial charge >= 0.3 is 5.97 Å². The Hall–Kier alpha value is -4.13. The fraction of sp³-hybridized carbons (Fsp3) is 0.276. The zero-order valence-electron chi connectivity index (χ0n) is 21.2. The van der Waals surface area contributed by atoms with Crippen molar-refractivity contribution in [2.75, 3.05) is 14.2 Å². The fourth-order valence-corrected chi connectivity index (χ4v) is 3.46. The van der Waals surface area contributed by atoms with Crippen molar-refractivity contribution < 1.29 is 28.6 Å². The Kier molecular flexibility index (Phi) is 8.48. The van der Waals surface area contributed by atoms with Gasteiger partial charge in [0.05, 0.1) is 19.8 Å². The van der Waals surface area contributed by atoms with Crippen LogP contribution in [0.5, 0.6) is 11.5 Å². The molecule has 0 spiro atoms. The van der Waals surface area contributed by atoms with Crippen LogP contribution in [-0.2, 0) is 22.6 Å². The maximum absolute atomic E-state index is 13.3. The van der Waals surface area contributed by atoms with Crippen molar-refractivity contribution >= 4 is 17.7 Å². The predicted molar refractivity (Wildman–Crippen MR) is 136 cm³/mol. The summed E-state index contributed by atoms with van der Waals surface area (Å²) in [5.41, 5.74) is 1.57. The van der Waals surface area contributed by atoms with Crippen LogP contribution in [0.15, 0.2) is 72.8 Å². The first kappa shape index (κ1) is 26.5. The Morgan fingerprint density at radius 3 is 1.47 bits per heavy atom. The third-order valence-electron chi connectivity index (χ3n) is 5.33. The lowest BCUT2D eigenvalue weighted by Crippen LogP contribution is -2.35. The minimum absolute atomic E-state index is 0.196. The molecule has 0 fully saturated rings. The molecule has 0 heterocycles. The molecule has 0 aromatic heterocycles. The molecule has 0 saturated heterocycles. The van der Waals surface area contributed by atoms with Gasteiger partial charge in [0.2, 0.25) is 5.78 Å². The van der Waals surface area contributed by atoms with Gasteiger partial charge in [0.1, 0.15) is 17.1 Å². The van der Waals surface area contributed by atoms with Gasteiger partial charge < -0.3 is 19.1 Å². The monoisotopic (exact) mass is 489 g/mol. The van der Waals surface area contributed by atoms with Crippen LogP contribution in [0.3, 0.4) is 0 Å². The van der Waals surface area contributed by atoms with Crippen LogP contribution < -0.4 is 9.47 Å². The van der Waals surface area contributed by atoms with E-state index >= 15 is 0 Å². The highest BCUT2D eigenvalue weighted by Gasteiger charge is 2.25. The van der Waals surface area contributed by atoms with Crippen LogP contribution in [0.4, 0.5) is 0 Å². The van der Waals surface area contributed by atoms with Crippen molar-refractivity contribution in [1.82, 2.24) is 4.90 Å². The van der Waals surface area contributed by atoms with Crippen LogP contribution in [0.1, 0.15) is 52.6 Å². The molecule has 0 bridgehead atoms. The Labute approximate surface area is 211 Å². The Bertz CT molecular complexity index is 1140. The Morgan fingerprint density at radius 2 is 1.08 bits per heavy atom. The van der Waals surface area contributed by atoms with E-state index < -0.39 is 23.3 Å². The van der Waals surface area contributed by atoms with Crippen molar-refractivity contribution in [3.63, 3.8) is 0 Å². The summed E-state index contributed by atoms with van der Waals surface area (Å²) < 4.78 is 15.8. The minimum Gasteiger partial charge on any atom is -0.497 e. The third kappa shape index (κ3) is 7.18. The van der Waals surface area contributed by atoms with E-state index in [9.17, 15) is 14.4 Å². The van der Waals surface area contributed by atoms with Gasteiger partial charge in [-0.25, -0.2) is 4.79 Å². The molecule has 0 radical (unpaired) electrons. The number of rotatable bonds is 9. The van der Waals surface area contributed by atoms with E-state index in [0.717, 1.165) is 11.1 Å². The van der Waals surface area contributed by atoms with Crippen molar-refractivity contribution in [3.8, 4) is 11.5 Å². The SMILES string of the molecule is COc1ccc(CN(Cc2ccc(OC)cc2)C(=O)C(=O)c2ccc(C(=O)OC(C)(C)C)cc2)cc1. The molecule has 7 heteroatoms. The number of carbonyl (C=O) groups excluding carboxylic acids is 3. The van der Waals surface area contributed by atoms with Gasteiger partial charge in [-0.1, -0.05) is 24.3 Å². The standard InChI is InChI=1S/C29H31NO6/c1-29(2,3)36-28(33)23-12-10-22(11-13-23)26(31)27(32)30(18-20-6-14-24(34-4)15-7-20)19-21-8-16-25(35-5)17-9-21/h6-17H,18-19H2,1-5H3. The molecular weight excluding hydrogens is 458 g/mol. The lowest BCUT2D eigenvalue weighted by molar-refractivity contribution is -0.127. The average molecular weight is 490 g/mol. The van der Waals surface area contributed by atoms with Crippen LogP contribution in [-0.4, -0.2) is 42.4 Å². The number of ether oxygens (including phenoxy) is 3. The van der Waals surface area contributed by atoms with Crippen LogP contribution in [0, 0.1) is 0 Å². The molecule has 36 heavy (non-hydrogen) atoms. The quantitative estimate of drug-likeness (QED) is 0.237. The highest BCUT2D eigenvalue weighted by molar-refractivity contribution is 6.42. The maximum Gasteiger partial charge on any atom is 0.338 e. The molecule has 0 aliphatic rings. The first-order chi connectivity index (χ1) is 17.1. The number of hydrogen-bond acceptors (Lipinski definition) is 6. The zero-order chi connectivity index (χ0) is 26.3. The second kappa shape index (κ2) is 11.5. The highest BCUT2D eigenvalue weighted by Crippen LogP contribution is 2.19. The Morgan fingerprint density at radius 1 is 0.667 bits per heavy atom. The topological polar surface area (TPSA) is 82.1 Å². The summed E-state index contributed by atoms with van der Waals surface area (Å²) in [7, 11) is 3.17. The van der Waals surface area contributed by atoms with Gasteiger partial charge in [-0.2, -0.15) is 0 Å². The second-order valence-electron chi connectivity index (χ2n) is 9.27. The molecule has 3 aromatic rings. The summed E-state index contributed by atoms with van der Waals surface area (Å²) in [6, 6.07) is 20.6. The van der Waals surface area contributed by atoms with Crippen molar-refractivity contribution in [3.05, 3.63) is 95.1 Å². The normalized spacial score (nSPS) is 10.9. The molecule has 0 aliphatic heterocycles. The molecular formula is C29H31NO6. The van der Waals surface area contributed by atoms with Crippen LogP contribution >= 0.6 is 0 Å². The third-order valence-corrected chi connectivity index (χ3v) is 5.33. The van der Waals surface area contributed by atoms with Gasteiger partial charge in [-0.15, -0.1) is 0 Å². The molecule has 3 rings (SSSR count). The largest absolute Gasteiger partial charge is 0.497 e. The lowest BCUT2D eigenvalue weighted by Gasteiger charge is -2.23. The van der Waals surface area contributed by atoms with Gasteiger partial charge in [-0.3, -0.25) is 9.59 Å². The van der Waals surface area contributed by atoms with E-state index in [2.05, 4.69) is 0 Å². The Balaban J connectivity index is 1.81. The number of ketones is 1. The van der Waals surface area contributed by atoms with Crippen LogP contribution in [0.2, 0.25) is 0 Å².